The Balaban J connectivity index is 1.97. The molecule has 0 aliphatic rings. The molecule has 0 bridgehead atoms. The van der Waals surface area contributed by atoms with Gasteiger partial charge >= 0.3 is 0 Å². The zero-order chi connectivity index (χ0) is 17.6. The van der Waals surface area contributed by atoms with E-state index in [0.29, 0.717) is 17.9 Å². The first-order valence-electron chi connectivity index (χ1n) is 7.13. The molecule has 0 atom stereocenters. The van der Waals surface area contributed by atoms with E-state index in [2.05, 4.69) is 15.4 Å². The summed E-state index contributed by atoms with van der Waals surface area (Å²) in [6.07, 6.45) is 1.80. The summed E-state index contributed by atoms with van der Waals surface area (Å²) in [7, 11) is -3.64. The van der Waals surface area contributed by atoms with Crippen molar-refractivity contribution in [3.63, 3.8) is 0 Å². The minimum Gasteiger partial charge on any atom is -0.468 e. The molecule has 7 nitrogen and oxygen atoms in total. The first-order valence-corrected chi connectivity index (χ1v) is 9.03. The average molecular weight is 367 g/mol. The zero-order valence-electron chi connectivity index (χ0n) is 12.9. The van der Waals surface area contributed by atoms with Crippen molar-refractivity contribution in [2.24, 2.45) is 0 Å². The summed E-state index contributed by atoms with van der Waals surface area (Å²) in [5.74, 6) is 0.322. The van der Waals surface area contributed by atoms with E-state index in [1.165, 1.54) is 18.4 Å². The van der Waals surface area contributed by atoms with Crippen LogP contribution in [0.2, 0.25) is 0 Å². The van der Waals surface area contributed by atoms with Gasteiger partial charge < -0.3 is 15.1 Å². The number of nitrogens with one attached hydrogen (secondary N) is 3. The smallest absolute Gasteiger partial charge is 0.240 e. The molecule has 3 N–H and O–H groups in total. The maximum absolute atomic E-state index is 12.2. The summed E-state index contributed by atoms with van der Waals surface area (Å²) in [5.41, 5.74) is 0.571. The molecule has 0 saturated carbocycles. The van der Waals surface area contributed by atoms with Crippen LogP contribution in [0.4, 0.5) is 5.69 Å². The summed E-state index contributed by atoms with van der Waals surface area (Å²) in [5, 5.41) is 5.47. The molecule has 1 heterocycles. The van der Waals surface area contributed by atoms with E-state index in [-0.39, 0.29) is 22.5 Å². The highest BCUT2D eigenvalue weighted by atomic mass is 32.2. The van der Waals surface area contributed by atoms with Crippen molar-refractivity contribution in [3.8, 4) is 0 Å². The van der Waals surface area contributed by atoms with E-state index in [0.717, 1.165) is 0 Å². The van der Waals surface area contributed by atoms with Gasteiger partial charge in [-0.05, 0) is 48.6 Å². The third kappa shape index (κ3) is 5.15. The molecule has 1 aromatic heterocycles. The first kappa shape index (κ1) is 18.1. The molecule has 2 rings (SSSR count). The minimum atomic E-state index is -3.64. The predicted octanol–water partition coefficient (Wildman–Crippen LogP) is 1.98. The van der Waals surface area contributed by atoms with Crippen molar-refractivity contribution in [2.45, 2.75) is 24.8 Å². The maximum Gasteiger partial charge on any atom is 0.240 e. The Hall–Kier alpha value is -2.23. The molecule has 24 heavy (non-hydrogen) atoms. The molecule has 0 saturated heterocycles. The van der Waals surface area contributed by atoms with Gasteiger partial charge in [-0.1, -0.05) is 6.92 Å². The molecule has 0 aliphatic heterocycles. The molecule has 0 unspecified atom stereocenters. The Morgan fingerprint density at radius 2 is 1.92 bits per heavy atom. The fraction of sp³-hybridized carbons (Fsp3) is 0.200. The number of thiocarbonyl (C=S) groups is 1. The van der Waals surface area contributed by atoms with Crippen LogP contribution in [0.15, 0.2) is 52.0 Å². The zero-order valence-corrected chi connectivity index (χ0v) is 14.5. The maximum atomic E-state index is 12.2. The van der Waals surface area contributed by atoms with Crippen LogP contribution in [0, 0.1) is 0 Å². The summed E-state index contributed by atoms with van der Waals surface area (Å²) >= 11 is 4.99. The largest absolute Gasteiger partial charge is 0.468 e. The van der Waals surface area contributed by atoms with Crippen LogP contribution in [-0.2, 0) is 21.4 Å². The fourth-order valence-electron chi connectivity index (χ4n) is 1.76. The van der Waals surface area contributed by atoms with Crippen LogP contribution in [0.25, 0.3) is 0 Å². The predicted molar refractivity (Wildman–Crippen MR) is 93.8 cm³/mol. The number of carbonyl (C=O) groups excluding carboxylic acids is 1. The van der Waals surface area contributed by atoms with E-state index in [9.17, 15) is 13.2 Å². The molecular weight excluding hydrogens is 350 g/mol. The van der Waals surface area contributed by atoms with Crippen LogP contribution in [0.5, 0.6) is 0 Å². The van der Waals surface area contributed by atoms with Crippen molar-refractivity contribution in [1.29, 1.82) is 0 Å². The van der Waals surface area contributed by atoms with Gasteiger partial charge in [-0.3, -0.25) is 4.79 Å². The topological polar surface area (TPSA) is 100 Å². The molecule has 0 aliphatic carbocycles. The Morgan fingerprint density at radius 3 is 2.50 bits per heavy atom. The SMILES string of the molecule is CCC(=O)NC(=S)Nc1ccc(S(=O)(=O)NCc2ccco2)cc1. The standard InChI is InChI=1S/C15H17N3O4S2/c1-2-14(19)18-15(23)17-11-5-7-13(8-6-11)24(20,21)16-10-12-4-3-9-22-12/h3-9,16H,2,10H2,1H3,(H2,17,18,19,23). The van der Waals surface area contributed by atoms with Crippen LogP contribution in [0.1, 0.15) is 19.1 Å². The van der Waals surface area contributed by atoms with Gasteiger partial charge in [-0.15, -0.1) is 0 Å². The number of sulfonamides is 1. The summed E-state index contributed by atoms with van der Waals surface area (Å²) in [4.78, 5) is 11.3. The molecule has 128 valence electrons. The fourth-order valence-corrected chi connectivity index (χ4v) is 2.98. The lowest BCUT2D eigenvalue weighted by molar-refractivity contribution is -0.119. The van der Waals surface area contributed by atoms with E-state index in [1.807, 2.05) is 0 Å². The molecule has 0 spiro atoms. The summed E-state index contributed by atoms with van der Waals surface area (Å²) in [6, 6.07) is 9.37. The number of hydrogen-bond donors (Lipinski definition) is 3. The third-order valence-electron chi connectivity index (χ3n) is 3.01. The van der Waals surface area contributed by atoms with Gasteiger partial charge in [0.25, 0.3) is 0 Å². The summed E-state index contributed by atoms with van der Waals surface area (Å²) in [6.45, 7) is 1.79. The lowest BCUT2D eigenvalue weighted by Gasteiger charge is -2.10. The third-order valence-corrected chi connectivity index (χ3v) is 4.63. The second-order valence-corrected chi connectivity index (χ2v) is 6.96. The van der Waals surface area contributed by atoms with Gasteiger partial charge in [0.05, 0.1) is 17.7 Å². The number of furan rings is 1. The highest BCUT2D eigenvalue weighted by molar-refractivity contribution is 7.89. The number of rotatable bonds is 6. The molecule has 2 aromatic rings. The molecule has 0 fully saturated rings. The molecule has 1 amide bonds. The molecule has 0 radical (unpaired) electrons. The van der Waals surface area contributed by atoms with Crippen LogP contribution in [0.3, 0.4) is 0 Å². The van der Waals surface area contributed by atoms with Crippen LogP contribution in [-0.4, -0.2) is 19.4 Å². The molecular formula is C15H17N3O4S2. The number of benzene rings is 1. The van der Waals surface area contributed by atoms with E-state index in [4.69, 9.17) is 16.6 Å². The van der Waals surface area contributed by atoms with Crippen LogP contribution < -0.4 is 15.4 Å². The minimum absolute atomic E-state index is 0.0719. The van der Waals surface area contributed by atoms with Crippen molar-refractivity contribution in [3.05, 3.63) is 48.4 Å². The van der Waals surface area contributed by atoms with Gasteiger partial charge in [-0.25, -0.2) is 13.1 Å². The van der Waals surface area contributed by atoms with E-state index in [1.54, 1.807) is 31.2 Å². The van der Waals surface area contributed by atoms with Crippen molar-refractivity contribution >= 4 is 38.9 Å². The number of amides is 1. The van der Waals surface area contributed by atoms with Gasteiger partial charge in [0, 0.05) is 12.1 Å². The van der Waals surface area contributed by atoms with Gasteiger partial charge in [0.15, 0.2) is 5.11 Å². The van der Waals surface area contributed by atoms with Crippen molar-refractivity contribution < 1.29 is 17.6 Å². The first-order chi connectivity index (χ1) is 11.4. The highest BCUT2D eigenvalue weighted by Crippen LogP contribution is 2.14. The Kier molecular flexibility index (Phi) is 6.07. The second-order valence-electron chi connectivity index (χ2n) is 4.78. The van der Waals surface area contributed by atoms with Crippen LogP contribution >= 0.6 is 12.2 Å². The Labute approximate surface area is 145 Å². The molecule has 9 heteroatoms. The average Bonchev–Trinajstić information content (AvgIpc) is 3.07. The van der Waals surface area contributed by atoms with E-state index < -0.39 is 10.0 Å². The van der Waals surface area contributed by atoms with Crippen molar-refractivity contribution in [2.75, 3.05) is 5.32 Å². The second kappa shape index (κ2) is 8.04. The number of carbonyl (C=O) groups is 1. The normalized spacial score (nSPS) is 11.0. The van der Waals surface area contributed by atoms with Gasteiger partial charge in [0.2, 0.25) is 15.9 Å². The Bertz CT molecular complexity index is 800. The number of hydrogen-bond acceptors (Lipinski definition) is 5. The van der Waals surface area contributed by atoms with Gasteiger partial charge in [-0.2, -0.15) is 0 Å². The monoisotopic (exact) mass is 367 g/mol. The lowest BCUT2D eigenvalue weighted by Crippen LogP contribution is -2.33. The quantitative estimate of drug-likeness (QED) is 0.675. The molecule has 1 aromatic carbocycles. The highest BCUT2D eigenvalue weighted by Gasteiger charge is 2.14. The van der Waals surface area contributed by atoms with Gasteiger partial charge in [0.1, 0.15) is 5.76 Å². The van der Waals surface area contributed by atoms with Crippen molar-refractivity contribution in [1.82, 2.24) is 10.0 Å². The number of anilines is 1. The van der Waals surface area contributed by atoms with E-state index >= 15 is 0 Å². The Morgan fingerprint density at radius 1 is 1.21 bits per heavy atom. The lowest BCUT2D eigenvalue weighted by atomic mass is 10.3. The summed E-state index contributed by atoms with van der Waals surface area (Å²) < 4.78 is 31.9.